The summed E-state index contributed by atoms with van der Waals surface area (Å²) in [7, 11) is 0. The topological polar surface area (TPSA) is 109 Å². The zero-order valence-electron chi connectivity index (χ0n) is 17.3. The Hall–Kier alpha value is -2.98. The number of ether oxygens (including phenoxy) is 3. The summed E-state index contributed by atoms with van der Waals surface area (Å²) in [6, 6.07) is 12.4. The summed E-state index contributed by atoms with van der Waals surface area (Å²) in [5.41, 5.74) is 0.692. The Balaban J connectivity index is 0.000000890. The third-order valence-electron chi connectivity index (χ3n) is 3.80. The average molecular weight is 517 g/mol. The van der Waals surface area contributed by atoms with Crippen molar-refractivity contribution in [2.24, 2.45) is 0 Å². The predicted molar refractivity (Wildman–Crippen MR) is 125 cm³/mol. The molecule has 3 aromatic rings. The first-order chi connectivity index (χ1) is 15.7. The maximum Gasteiger partial charge on any atom is 0.291 e. The molecule has 1 aromatic heterocycles. The van der Waals surface area contributed by atoms with E-state index >= 15 is 0 Å². The van der Waals surface area contributed by atoms with E-state index in [0.29, 0.717) is 39.6 Å². The molecule has 0 amide bonds. The van der Waals surface area contributed by atoms with Gasteiger partial charge in [-0.05, 0) is 49.4 Å². The number of aromatic nitrogens is 2. The quantitative estimate of drug-likeness (QED) is 0.124. The predicted octanol–water partition coefficient (Wildman–Crippen LogP) is 5.91. The lowest BCUT2D eigenvalue weighted by atomic mass is 10.2. The first-order valence-electron chi connectivity index (χ1n) is 9.39. The van der Waals surface area contributed by atoms with Gasteiger partial charge in [0, 0.05) is 28.0 Å². The number of imidazole rings is 1. The lowest BCUT2D eigenvalue weighted by molar-refractivity contribution is -0.742. The van der Waals surface area contributed by atoms with Crippen LogP contribution >= 0.6 is 34.8 Å². The Morgan fingerprint density at radius 2 is 1.85 bits per heavy atom. The molecule has 0 aliphatic heterocycles. The van der Waals surface area contributed by atoms with Gasteiger partial charge in [-0.1, -0.05) is 34.8 Å². The molecular formula is C21H20Cl3N3O6. The van der Waals surface area contributed by atoms with Gasteiger partial charge in [0.25, 0.3) is 5.09 Å². The Morgan fingerprint density at radius 3 is 2.45 bits per heavy atom. The zero-order chi connectivity index (χ0) is 24.2. The van der Waals surface area contributed by atoms with Crippen LogP contribution in [0.4, 0.5) is 0 Å². The van der Waals surface area contributed by atoms with Gasteiger partial charge >= 0.3 is 0 Å². The third-order valence-corrected chi connectivity index (χ3v) is 4.60. The molecule has 0 aliphatic rings. The van der Waals surface area contributed by atoms with E-state index < -0.39 is 11.4 Å². The monoisotopic (exact) mass is 515 g/mol. The maximum absolute atomic E-state index is 8.36. The van der Waals surface area contributed by atoms with Crippen LogP contribution < -0.4 is 4.74 Å². The van der Waals surface area contributed by atoms with Crippen LogP contribution in [0.3, 0.4) is 0 Å². The first-order valence-corrected chi connectivity index (χ1v) is 10.5. The molecular weight excluding hydrogens is 497 g/mol. The van der Waals surface area contributed by atoms with Crippen LogP contribution in [-0.4, -0.2) is 39.3 Å². The molecule has 0 saturated heterocycles. The van der Waals surface area contributed by atoms with Crippen molar-refractivity contribution in [3.8, 4) is 5.75 Å². The van der Waals surface area contributed by atoms with E-state index in [1.807, 2.05) is 0 Å². The molecule has 0 radical (unpaired) electrons. The largest absolute Gasteiger partial charge is 0.491 e. The van der Waals surface area contributed by atoms with E-state index in [2.05, 4.69) is 4.98 Å². The van der Waals surface area contributed by atoms with Crippen LogP contribution in [0.15, 0.2) is 61.2 Å². The van der Waals surface area contributed by atoms with Crippen LogP contribution in [0.25, 0.3) is 12.0 Å². The molecule has 0 saturated carbocycles. The van der Waals surface area contributed by atoms with Crippen molar-refractivity contribution >= 4 is 46.8 Å². The molecule has 1 unspecified atom stereocenters. The molecule has 0 aliphatic carbocycles. The minimum atomic E-state index is -1.50. The van der Waals surface area contributed by atoms with Gasteiger partial charge in [0.2, 0.25) is 0 Å². The summed E-state index contributed by atoms with van der Waals surface area (Å²) in [5, 5.41) is 15.3. The van der Waals surface area contributed by atoms with Gasteiger partial charge in [-0.15, -0.1) is 10.1 Å². The summed E-state index contributed by atoms with van der Waals surface area (Å²) in [4.78, 5) is 12.4. The second kappa shape index (κ2) is 13.5. The fourth-order valence-electron chi connectivity index (χ4n) is 2.45. The highest BCUT2D eigenvalue weighted by Crippen LogP contribution is 2.29. The van der Waals surface area contributed by atoms with E-state index in [4.69, 9.17) is 64.3 Å². The maximum atomic E-state index is 8.36. The molecule has 1 heterocycles. The number of hydrogen-bond donors (Lipinski definition) is 1. The minimum absolute atomic E-state index is 0.344. The van der Waals surface area contributed by atoms with Crippen molar-refractivity contribution < 1.29 is 24.5 Å². The summed E-state index contributed by atoms with van der Waals surface area (Å²) in [5.74, 6) is 1.25. The fraction of sp³-hybridized carbons (Fsp3) is 0.190. The highest BCUT2D eigenvalue weighted by atomic mass is 35.5. The number of rotatable bonds is 9. The fourth-order valence-corrected chi connectivity index (χ4v) is 3.08. The molecule has 0 bridgehead atoms. The van der Waals surface area contributed by atoms with Crippen LogP contribution in [-0.2, 0) is 9.47 Å². The van der Waals surface area contributed by atoms with Crippen molar-refractivity contribution in [2.75, 3.05) is 13.2 Å². The Morgan fingerprint density at radius 1 is 1.18 bits per heavy atom. The average Bonchev–Trinajstić information content (AvgIpc) is 3.25. The Labute approximate surface area is 204 Å². The van der Waals surface area contributed by atoms with E-state index in [9.17, 15) is 0 Å². The summed E-state index contributed by atoms with van der Waals surface area (Å²) in [6.07, 6.45) is 6.35. The highest BCUT2D eigenvalue weighted by molar-refractivity contribution is 6.35. The number of halogens is 3. The Bertz CT molecular complexity index is 1040. The van der Waals surface area contributed by atoms with Crippen LogP contribution in [0.5, 0.6) is 5.75 Å². The number of nitrogens with zero attached hydrogens (tertiary/aromatic N) is 3. The van der Waals surface area contributed by atoms with Crippen molar-refractivity contribution in [1.29, 1.82) is 0 Å². The second-order valence-corrected chi connectivity index (χ2v) is 7.50. The molecule has 9 nitrogen and oxygen atoms in total. The molecule has 12 heteroatoms. The van der Waals surface area contributed by atoms with E-state index in [-0.39, 0.29) is 0 Å². The molecule has 2 aromatic carbocycles. The smallest absolute Gasteiger partial charge is 0.291 e. The minimum Gasteiger partial charge on any atom is -0.491 e. The summed E-state index contributed by atoms with van der Waals surface area (Å²) < 4.78 is 19.1. The van der Waals surface area contributed by atoms with Crippen LogP contribution in [0, 0.1) is 10.1 Å². The van der Waals surface area contributed by atoms with E-state index in [1.54, 1.807) is 78.9 Å². The Kier molecular flexibility index (Phi) is 10.8. The molecule has 3 rings (SSSR count). The third kappa shape index (κ3) is 10.0. The van der Waals surface area contributed by atoms with Gasteiger partial charge in [0.15, 0.2) is 6.29 Å². The SMILES string of the molecule is CC(OCCOc1ccc(Cl)cc1)OC(=Cn1ccnc1)c1ccc(Cl)cc1Cl.O=[N+]([O-])O. The molecule has 0 spiro atoms. The number of benzene rings is 2. The van der Waals surface area contributed by atoms with Gasteiger partial charge in [-0.3, -0.25) is 0 Å². The molecule has 1 N–H and O–H groups in total. The van der Waals surface area contributed by atoms with Crippen LogP contribution in [0.1, 0.15) is 12.5 Å². The van der Waals surface area contributed by atoms with Gasteiger partial charge in [0.05, 0.1) is 24.2 Å². The standard InChI is InChI=1S/C21H19Cl3N2O3.HNO3/c1-15(27-10-11-28-18-5-2-16(22)3-6-18)29-21(13-26-9-8-25-14-26)19-7-4-17(23)12-20(19)24;2-1(3)4/h2-9,12-15H,10-11H2,1H3;(H,2,3,4). The van der Waals surface area contributed by atoms with Gasteiger partial charge in [-0.25, -0.2) is 4.98 Å². The van der Waals surface area contributed by atoms with Gasteiger partial charge in [-0.2, -0.15) is 0 Å². The van der Waals surface area contributed by atoms with Crippen LogP contribution in [0.2, 0.25) is 15.1 Å². The van der Waals surface area contributed by atoms with E-state index in [0.717, 1.165) is 5.75 Å². The lowest BCUT2D eigenvalue weighted by Crippen LogP contribution is -2.17. The lowest BCUT2D eigenvalue weighted by Gasteiger charge is -2.19. The van der Waals surface area contributed by atoms with Gasteiger partial charge in [0.1, 0.15) is 18.1 Å². The highest BCUT2D eigenvalue weighted by Gasteiger charge is 2.13. The summed E-state index contributed by atoms with van der Waals surface area (Å²) >= 11 is 18.2. The van der Waals surface area contributed by atoms with Crippen molar-refractivity contribution in [3.63, 3.8) is 0 Å². The summed E-state index contributed by atoms with van der Waals surface area (Å²) in [6.45, 7) is 2.52. The normalized spacial score (nSPS) is 11.8. The zero-order valence-corrected chi connectivity index (χ0v) is 19.6. The van der Waals surface area contributed by atoms with Crippen molar-refractivity contribution in [3.05, 3.63) is 91.9 Å². The molecule has 1 atom stereocenters. The molecule has 33 heavy (non-hydrogen) atoms. The van der Waals surface area contributed by atoms with Crippen molar-refractivity contribution in [2.45, 2.75) is 13.2 Å². The number of hydrogen-bond acceptors (Lipinski definition) is 6. The van der Waals surface area contributed by atoms with E-state index in [1.165, 1.54) is 0 Å². The molecule has 0 fully saturated rings. The van der Waals surface area contributed by atoms with Gasteiger partial charge < -0.3 is 24.0 Å². The molecule has 176 valence electrons. The second-order valence-electron chi connectivity index (χ2n) is 6.22. The first kappa shape index (κ1) is 26.3. The van der Waals surface area contributed by atoms with Crippen molar-refractivity contribution in [1.82, 2.24) is 9.55 Å².